The number of allylic oxidation sites excluding steroid dienone is 8. The van der Waals surface area contributed by atoms with Crippen LogP contribution in [0.5, 0.6) is 0 Å². The van der Waals surface area contributed by atoms with Crippen LogP contribution in [0.4, 0.5) is 0 Å². The summed E-state index contributed by atoms with van der Waals surface area (Å²) in [4.78, 5) is 0. The first-order chi connectivity index (χ1) is 18.1. The molecule has 1 unspecified atom stereocenters. The van der Waals surface area contributed by atoms with Gasteiger partial charge in [0.2, 0.25) is 0 Å². The smallest absolute Gasteiger partial charge is 0.00937 e. The third-order valence-corrected chi connectivity index (χ3v) is 9.80. The molecule has 39 heavy (non-hydrogen) atoms. The van der Waals surface area contributed by atoms with Crippen molar-refractivity contribution >= 4 is 28.4 Å². The fraction of sp³-hybridized carbons (Fsp3) is 0.436. The van der Waals surface area contributed by atoms with Crippen LogP contribution < -0.4 is 10.4 Å². The van der Waals surface area contributed by atoms with Crippen LogP contribution in [0.2, 0.25) is 0 Å². The predicted molar refractivity (Wildman–Crippen MR) is 171 cm³/mol. The summed E-state index contributed by atoms with van der Waals surface area (Å²) >= 11 is 0. The van der Waals surface area contributed by atoms with Crippen molar-refractivity contribution in [1.29, 1.82) is 0 Å². The van der Waals surface area contributed by atoms with Crippen molar-refractivity contribution in [3.8, 4) is 0 Å². The summed E-state index contributed by atoms with van der Waals surface area (Å²) in [6.07, 6.45) is 13.8. The summed E-state index contributed by atoms with van der Waals surface area (Å²) in [5.41, 5.74) is 16.3. The van der Waals surface area contributed by atoms with Gasteiger partial charge >= 0.3 is 0 Å². The lowest BCUT2D eigenvalue weighted by Gasteiger charge is -2.27. The van der Waals surface area contributed by atoms with Crippen molar-refractivity contribution in [2.75, 3.05) is 0 Å². The molecule has 0 bridgehead atoms. The summed E-state index contributed by atoms with van der Waals surface area (Å²) in [5, 5.41) is 5.74. The Morgan fingerprint density at radius 2 is 1.54 bits per heavy atom. The van der Waals surface area contributed by atoms with Gasteiger partial charge in [-0.25, -0.2) is 0 Å². The van der Waals surface area contributed by atoms with Crippen LogP contribution in [0.25, 0.3) is 28.4 Å². The molecule has 202 valence electrons. The Hall–Kier alpha value is -2.86. The molecule has 0 spiro atoms. The molecule has 0 aromatic heterocycles. The molecular formula is C39H46. The highest BCUT2D eigenvalue weighted by atomic mass is 14.4. The number of benzene rings is 2. The summed E-state index contributed by atoms with van der Waals surface area (Å²) in [6, 6.07) is 5.03. The minimum atomic E-state index is -0.0106. The Morgan fingerprint density at radius 3 is 2.15 bits per heavy atom. The number of hydrogen-bond acceptors (Lipinski definition) is 0. The highest BCUT2D eigenvalue weighted by Gasteiger charge is 2.38. The van der Waals surface area contributed by atoms with E-state index < -0.39 is 0 Å². The van der Waals surface area contributed by atoms with Crippen molar-refractivity contribution in [2.24, 2.45) is 11.3 Å². The van der Waals surface area contributed by atoms with Crippen LogP contribution in [-0.4, -0.2) is 0 Å². The molecule has 4 aliphatic carbocycles. The molecule has 0 heteroatoms. The topological polar surface area (TPSA) is 0 Å². The Balaban J connectivity index is 1.85. The van der Waals surface area contributed by atoms with Crippen LogP contribution in [0.1, 0.15) is 123 Å². The first-order valence-corrected chi connectivity index (χ1v) is 15.0. The molecule has 0 fully saturated rings. The van der Waals surface area contributed by atoms with Crippen molar-refractivity contribution in [2.45, 2.75) is 100 Å². The zero-order valence-electron chi connectivity index (χ0n) is 26.3. The van der Waals surface area contributed by atoms with Gasteiger partial charge in [0.15, 0.2) is 0 Å². The molecule has 4 aliphatic rings. The van der Waals surface area contributed by atoms with Gasteiger partial charge in [-0.15, -0.1) is 0 Å². The summed E-state index contributed by atoms with van der Waals surface area (Å²) < 4.78 is 0. The fourth-order valence-electron chi connectivity index (χ4n) is 8.07. The second kappa shape index (κ2) is 8.09. The molecule has 2 aromatic carbocycles. The zero-order valence-corrected chi connectivity index (χ0v) is 26.3. The van der Waals surface area contributed by atoms with E-state index in [-0.39, 0.29) is 16.2 Å². The quantitative estimate of drug-likeness (QED) is 0.320. The van der Waals surface area contributed by atoms with E-state index in [1.807, 2.05) is 0 Å². The maximum Gasteiger partial charge on any atom is 0.00937 e. The van der Waals surface area contributed by atoms with Crippen molar-refractivity contribution in [1.82, 2.24) is 0 Å². The molecule has 6 rings (SSSR count). The second-order valence-corrected chi connectivity index (χ2v) is 15.0. The van der Waals surface area contributed by atoms with E-state index in [1.165, 1.54) is 82.1 Å². The van der Waals surface area contributed by atoms with E-state index in [4.69, 9.17) is 0 Å². The molecule has 0 saturated heterocycles. The van der Waals surface area contributed by atoms with Gasteiger partial charge in [-0.1, -0.05) is 85.3 Å². The van der Waals surface area contributed by atoms with Crippen molar-refractivity contribution < 1.29 is 0 Å². The minimum Gasteiger partial charge on any atom is -0.0732 e. The van der Waals surface area contributed by atoms with Gasteiger partial charge in [0.05, 0.1) is 0 Å². The molecule has 0 N–H and O–H groups in total. The van der Waals surface area contributed by atoms with Gasteiger partial charge in [0.25, 0.3) is 0 Å². The average molecular weight is 515 g/mol. The minimum absolute atomic E-state index is 0.0106. The lowest BCUT2D eigenvalue weighted by atomic mass is 9.76. The molecule has 0 aliphatic heterocycles. The highest BCUT2D eigenvalue weighted by molar-refractivity contribution is 5.91. The first kappa shape index (κ1) is 26.4. The van der Waals surface area contributed by atoms with E-state index in [9.17, 15) is 0 Å². The largest absolute Gasteiger partial charge is 0.0732 e. The highest BCUT2D eigenvalue weighted by Crippen LogP contribution is 2.50. The van der Waals surface area contributed by atoms with Gasteiger partial charge in [-0.05, 0) is 134 Å². The summed E-state index contributed by atoms with van der Waals surface area (Å²) in [5.74, 6) is 0.452. The van der Waals surface area contributed by atoms with E-state index in [0.717, 1.165) is 6.42 Å². The Morgan fingerprint density at radius 1 is 0.872 bits per heavy atom. The molecule has 2 aromatic rings. The van der Waals surface area contributed by atoms with Gasteiger partial charge in [0.1, 0.15) is 0 Å². The van der Waals surface area contributed by atoms with Crippen molar-refractivity contribution in [3.05, 3.63) is 96.3 Å². The normalized spacial score (nSPS) is 21.4. The Labute approximate surface area is 235 Å². The van der Waals surface area contributed by atoms with E-state index in [1.54, 1.807) is 0 Å². The van der Waals surface area contributed by atoms with Crippen LogP contribution in [0, 0.1) is 21.8 Å². The SMILES string of the molecule is CCC1C=C(C(C)(C)C)C=C1c1c2c(c(=C(C)C)c3c1C=c1cc4c(cc1=3)C(C)=CC4(C)C)C(C)=CC2(C)C. The lowest BCUT2D eigenvalue weighted by Crippen LogP contribution is -2.23. The average Bonchev–Trinajstić information content (AvgIpc) is 3.52. The molecule has 0 nitrogen and oxygen atoms in total. The van der Waals surface area contributed by atoms with Gasteiger partial charge < -0.3 is 0 Å². The van der Waals surface area contributed by atoms with Gasteiger partial charge in [-0.2, -0.15) is 0 Å². The zero-order chi connectivity index (χ0) is 28.4. The van der Waals surface area contributed by atoms with E-state index in [2.05, 4.69) is 126 Å². The monoisotopic (exact) mass is 514 g/mol. The molecule has 1 atom stereocenters. The van der Waals surface area contributed by atoms with Crippen LogP contribution in [-0.2, 0) is 10.8 Å². The maximum absolute atomic E-state index is 2.56. The molecule has 0 radical (unpaired) electrons. The Bertz CT molecular complexity index is 1830. The fourth-order valence-corrected chi connectivity index (χ4v) is 8.07. The third-order valence-electron chi connectivity index (χ3n) is 9.80. The van der Waals surface area contributed by atoms with Crippen LogP contribution in [0.3, 0.4) is 0 Å². The standard InChI is InChI=1S/C39H46/c1-13-24-14-26(37(6,7)8)17-28(24)35-30-15-25-16-31-27(22(4)19-38(31,9)10)18-29(25)34(30)32(21(2)3)33-23(5)20-39(11,12)36(33)35/h14-20,24H,13H2,1-12H3. The number of rotatable bonds is 2. The number of fused-ring (bicyclic) bond motifs is 4. The van der Waals surface area contributed by atoms with Gasteiger partial charge in [-0.3, -0.25) is 0 Å². The number of hydrogen-bond donors (Lipinski definition) is 0. The summed E-state index contributed by atoms with van der Waals surface area (Å²) in [6.45, 7) is 28.3. The first-order valence-electron chi connectivity index (χ1n) is 15.0. The van der Waals surface area contributed by atoms with E-state index in [0.29, 0.717) is 5.92 Å². The Kier molecular flexibility index (Phi) is 5.47. The summed E-state index contributed by atoms with van der Waals surface area (Å²) in [7, 11) is 0. The van der Waals surface area contributed by atoms with Gasteiger partial charge in [0, 0.05) is 16.7 Å². The molecule has 0 saturated carbocycles. The van der Waals surface area contributed by atoms with Crippen LogP contribution >= 0.6 is 0 Å². The second-order valence-electron chi connectivity index (χ2n) is 15.0. The molecule has 0 heterocycles. The maximum atomic E-state index is 2.56. The third kappa shape index (κ3) is 3.63. The molecular weight excluding hydrogens is 468 g/mol. The van der Waals surface area contributed by atoms with Crippen molar-refractivity contribution in [3.63, 3.8) is 0 Å². The predicted octanol–water partition coefficient (Wildman–Crippen LogP) is 9.09. The molecule has 0 amide bonds. The van der Waals surface area contributed by atoms with E-state index >= 15 is 0 Å². The van der Waals surface area contributed by atoms with Crippen LogP contribution in [0.15, 0.2) is 42.0 Å². The lowest BCUT2D eigenvalue weighted by molar-refractivity contribution is 0.516.